The Bertz CT molecular complexity index is 337. The summed E-state index contributed by atoms with van der Waals surface area (Å²) in [6.07, 6.45) is 6.98. The highest BCUT2D eigenvalue weighted by Crippen LogP contribution is 2.27. The van der Waals surface area contributed by atoms with Crippen LogP contribution in [0.2, 0.25) is 0 Å². The van der Waals surface area contributed by atoms with Gasteiger partial charge in [-0.3, -0.25) is 9.59 Å². The van der Waals surface area contributed by atoms with Crippen LogP contribution in [0.4, 0.5) is 0 Å². The Morgan fingerprint density at radius 1 is 1.28 bits per heavy atom. The molecule has 4 nitrogen and oxygen atoms in total. The van der Waals surface area contributed by atoms with Crippen molar-refractivity contribution in [1.82, 2.24) is 10.2 Å². The average Bonchev–Trinajstić information content (AvgIpc) is 2.50. The molecule has 2 aliphatic rings. The first kappa shape index (κ1) is 13.4. The number of amides is 2. The molecule has 1 saturated carbocycles. The molecule has 1 unspecified atom stereocenters. The molecule has 0 aromatic heterocycles. The van der Waals surface area contributed by atoms with Crippen molar-refractivity contribution in [3.63, 3.8) is 0 Å². The lowest BCUT2D eigenvalue weighted by Gasteiger charge is -2.38. The molecular weight excluding hydrogens is 228 g/mol. The molecule has 2 amide bonds. The van der Waals surface area contributed by atoms with Crippen LogP contribution in [0.15, 0.2) is 0 Å². The molecule has 0 spiro atoms. The van der Waals surface area contributed by atoms with E-state index in [4.69, 9.17) is 0 Å². The molecule has 0 bridgehead atoms. The van der Waals surface area contributed by atoms with Gasteiger partial charge >= 0.3 is 0 Å². The summed E-state index contributed by atoms with van der Waals surface area (Å²) in [4.78, 5) is 26.4. The van der Waals surface area contributed by atoms with Gasteiger partial charge in [-0.05, 0) is 26.2 Å². The van der Waals surface area contributed by atoms with E-state index in [0.29, 0.717) is 25.4 Å². The van der Waals surface area contributed by atoms with E-state index in [9.17, 15) is 9.59 Å². The van der Waals surface area contributed by atoms with Gasteiger partial charge in [0.2, 0.25) is 11.8 Å². The largest absolute Gasteiger partial charge is 0.342 e. The highest BCUT2D eigenvalue weighted by Gasteiger charge is 2.41. The molecule has 102 valence electrons. The standard InChI is InChI=1S/C14H24N2O2/c1-3-14(2)13(18)16(10-9-12(17)15-14)11-7-5-4-6-8-11/h11H,3-10H2,1-2H3,(H,15,17). The van der Waals surface area contributed by atoms with Gasteiger partial charge < -0.3 is 10.2 Å². The van der Waals surface area contributed by atoms with Crippen molar-refractivity contribution in [3.8, 4) is 0 Å². The van der Waals surface area contributed by atoms with Crippen LogP contribution >= 0.6 is 0 Å². The predicted molar refractivity (Wildman–Crippen MR) is 70.0 cm³/mol. The summed E-state index contributed by atoms with van der Waals surface area (Å²) >= 11 is 0. The van der Waals surface area contributed by atoms with E-state index in [0.717, 1.165) is 12.8 Å². The SMILES string of the molecule is CCC1(C)NC(=O)CCN(C2CCCCC2)C1=O. The van der Waals surface area contributed by atoms with Crippen molar-refractivity contribution in [2.75, 3.05) is 6.54 Å². The number of hydrogen-bond donors (Lipinski definition) is 1. The van der Waals surface area contributed by atoms with Crippen LogP contribution in [0.25, 0.3) is 0 Å². The molecular formula is C14H24N2O2. The van der Waals surface area contributed by atoms with E-state index >= 15 is 0 Å². The summed E-state index contributed by atoms with van der Waals surface area (Å²) in [5.74, 6) is 0.119. The number of rotatable bonds is 2. The first-order valence-electron chi connectivity index (χ1n) is 7.19. The Kier molecular flexibility index (Phi) is 3.93. The van der Waals surface area contributed by atoms with Crippen LogP contribution in [0.3, 0.4) is 0 Å². The molecule has 0 aromatic carbocycles. The molecule has 4 heteroatoms. The zero-order valence-corrected chi connectivity index (χ0v) is 11.5. The molecule has 2 fully saturated rings. The molecule has 1 heterocycles. The fraction of sp³-hybridized carbons (Fsp3) is 0.857. The molecule has 1 aliphatic heterocycles. The van der Waals surface area contributed by atoms with Gasteiger partial charge in [-0.15, -0.1) is 0 Å². The lowest BCUT2D eigenvalue weighted by Crippen LogP contribution is -2.56. The van der Waals surface area contributed by atoms with E-state index in [1.807, 2.05) is 18.7 Å². The second-order valence-corrected chi connectivity index (χ2v) is 5.77. The molecule has 1 atom stereocenters. The van der Waals surface area contributed by atoms with Gasteiger partial charge in [0.25, 0.3) is 0 Å². The van der Waals surface area contributed by atoms with E-state index in [1.165, 1.54) is 19.3 Å². The number of nitrogens with zero attached hydrogens (tertiary/aromatic N) is 1. The van der Waals surface area contributed by atoms with Gasteiger partial charge in [-0.1, -0.05) is 26.2 Å². The van der Waals surface area contributed by atoms with Gasteiger partial charge in [-0.25, -0.2) is 0 Å². The Labute approximate surface area is 109 Å². The van der Waals surface area contributed by atoms with Gasteiger partial charge in [0, 0.05) is 19.0 Å². The van der Waals surface area contributed by atoms with Gasteiger partial charge in [-0.2, -0.15) is 0 Å². The third-order valence-electron chi connectivity index (χ3n) is 4.45. The van der Waals surface area contributed by atoms with E-state index < -0.39 is 5.54 Å². The Morgan fingerprint density at radius 2 is 1.94 bits per heavy atom. The Hall–Kier alpha value is -1.06. The highest BCUT2D eigenvalue weighted by molar-refractivity contribution is 5.93. The molecule has 2 rings (SSSR count). The van der Waals surface area contributed by atoms with Crippen LogP contribution in [-0.4, -0.2) is 34.8 Å². The second kappa shape index (κ2) is 5.29. The van der Waals surface area contributed by atoms with Crippen LogP contribution in [0, 0.1) is 0 Å². The first-order chi connectivity index (χ1) is 8.57. The summed E-state index contributed by atoms with van der Waals surface area (Å²) in [7, 11) is 0. The number of nitrogens with one attached hydrogen (secondary N) is 1. The predicted octanol–water partition coefficient (Wildman–Crippen LogP) is 1.84. The first-order valence-corrected chi connectivity index (χ1v) is 7.19. The van der Waals surface area contributed by atoms with Crippen molar-refractivity contribution in [3.05, 3.63) is 0 Å². The molecule has 18 heavy (non-hydrogen) atoms. The van der Waals surface area contributed by atoms with Crippen molar-refractivity contribution in [1.29, 1.82) is 0 Å². The van der Waals surface area contributed by atoms with E-state index in [2.05, 4.69) is 5.32 Å². The maximum absolute atomic E-state index is 12.7. The lowest BCUT2D eigenvalue weighted by atomic mass is 9.91. The fourth-order valence-electron chi connectivity index (χ4n) is 3.04. The van der Waals surface area contributed by atoms with Gasteiger partial charge in [0.1, 0.15) is 5.54 Å². The maximum Gasteiger partial charge on any atom is 0.248 e. The van der Waals surface area contributed by atoms with Crippen molar-refractivity contribution < 1.29 is 9.59 Å². The van der Waals surface area contributed by atoms with Crippen molar-refractivity contribution in [2.45, 2.75) is 70.4 Å². The molecule has 1 aliphatic carbocycles. The highest BCUT2D eigenvalue weighted by atomic mass is 16.2. The summed E-state index contributed by atoms with van der Waals surface area (Å²) in [5, 5.41) is 2.89. The summed E-state index contributed by atoms with van der Waals surface area (Å²) in [5.41, 5.74) is -0.703. The van der Waals surface area contributed by atoms with E-state index in [-0.39, 0.29) is 11.8 Å². The average molecular weight is 252 g/mol. The second-order valence-electron chi connectivity index (χ2n) is 5.77. The van der Waals surface area contributed by atoms with E-state index in [1.54, 1.807) is 0 Å². The number of carbonyl (C=O) groups is 2. The minimum absolute atomic E-state index is 0.00556. The summed E-state index contributed by atoms with van der Waals surface area (Å²) in [6, 6.07) is 0.352. The monoisotopic (exact) mass is 252 g/mol. The molecule has 0 radical (unpaired) electrons. The molecule has 1 N–H and O–H groups in total. The lowest BCUT2D eigenvalue weighted by molar-refractivity contribution is -0.140. The van der Waals surface area contributed by atoms with Crippen molar-refractivity contribution >= 4 is 11.8 Å². The molecule has 0 aromatic rings. The minimum atomic E-state index is -0.703. The zero-order chi connectivity index (χ0) is 13.2. The summed E-state index contributed by atoms with van der Waals surface area (Å²) in [6.45, 7) is 4.40. The normalized spacial score (nSPS) is 31.1. The third kappa shape index (κ3) is 2.52. The topological polar surface area (TPSA) is 49.4 Å². The van der Waals surface area contributed by atoms with Crippen LogP contribution in [0.5, 0.6) is 0 Å². The summed E-state index contributed by atoms with van der Waals surface area (Å²) < 4.78 is 0. The van der Waals surface area contributed by atoms with Crippen molar-refractivity contribution in [2.24, 2.45) is 0 Å². The van der Waals surface area contributed by atoms with Crippen LogP contribution < -0.4 is 5.32 Å². The number of hydrogen-bond acceptors (Lipinski definition) is 2. The van der Waals surface area contributed by atoms with Gasteiger partial charge in [0.05, 0.1) is 0 Å². The zero-order valence-electron chi connectivity index (χ0n) is 11.5. The number of carbonyl (C=O) groups excluding carboxylic acids is 2. The molecule has 1 saturated heterocycles. The third-order valence-corrected chi connectivity index (χ3v) is 4.45. The smallest absolute Gasteiger partial charge is 0.248 e. The maximum atomic E-state index is 12.7. The Morgan fingerprint density at radius 3 is 2.56 bits per heavy atom. The quantitative estimate of drug-likeness (QED) is 0.815. The van der Waals surface area contributed by atoms with Crippen LogP contribution in [0.1, 0.15) is 58.8 Å². The fourth-order valence-corrected chi connectivity index (χ4v) is 3.04. The van der Waals surface area contributed by atoms with Crippen LogP contribution in [-0.2, 0) is 9.59 Å². The minimum Gasteiger partial charge on any atom is -0.342 e. The Balaban J connectivity index is 2.18. The van der Waals surface area contributed by atoms with Gasteiger partial charge in [0.15, 0.2) is 0 Å².